The quantitative estimate of drug-likeness (QED) is 0.716. The van der Waals surface area contributed by atoms with E-state index in [0.717, 1.165) is 6.26 Å². The molecule has 0 radical (unpaired) electrons. The average molecular weight is 393 g/mol. The lowest BCUT2D eigenvalue weighted by atomic mass is 10.2. The van der Waals surface area contributed by atoms with Crippen molar-refractivity contribution < 1.29 is 32.2 Å². The van der Waals surface area contributed by atoms with Crippen LogP contribution < -0.4 is 14.8 Å². The van der Waals surface area contributed by atoms with E-state index in [1.807, 2.05) is 0 Å². The highest BCUT2D eigenvalue weighted by Gasteiger charge is 2.14. The summed E-state index contributed by atoms with van der Waals surface area (Å²) in [5, 5.41) is 2.57. The molecule has 0 spiro atoms. The lowest BCUT2D eigenvalue weighted by Crippen LogP contribution is -2.21. The van der Waals surface area contributed by atoms with Crippen molar-refractivity contribution >= 4 is 27.4 Å². The molecule has 0 aliphatic heterocycles. The second-order valence-electron chi connectivity index (χ2n) is 5.49. The number of esters is 1. The average Bonchev–Trinajstić information content (AvgIpc) is 2.65. The number of benzene rings is 2. The molecule has 2 rings (SSSR count). The van der Waals surface area contributed by atoms with Crippen LogP contribution in [0.1, 0.15) is 10.4 Å². The Balaban J connectivity index is 1.96. The summed E-state index contributed by atoms with van der Waals surface area (Å²) in [6, 6.07) is 10.1. The van der Waals surface area contributed by atoms with Gasteiger partial charge in [-0.2, -0.15) is 0 Å². The molecule has 2 aromatic rings. The number of sulfone groups is 1. The van der Waals surface area contributed by atoms with Crippen LogP contribution in [0, 0.1) is 0 Å². The van der Waals surface area contributed by atoms with Crippen molar-refractivity contribution in [3.05, 3.63) is 48.0 Å². The predicted octanol–water partition coefficient (Wildman–Crippen LogP) is 1.90. The molecule has 0 aromatic heterocycles. The van der Waals surface area contributed by atoms with Crippen molar-refractivity contribution in [1.82, 2.24) is 0 Å². The zero-order chi connectivity index (χ0) is 20.0. The number of hydrogen-bond donors (Lipinski definition) is 1. The van der Waals surface area contributed by atoms with E-state index in [0.29, 0.717) is 17.2 Å². The third kappa shape index (κ3) is 5.45. The minimum Gasteiger partial charge on any atom is -0.497 e. The Labute approximate surface area is 157 Å². The van der Waals surface area contributed by atoms with Gasteiger partial charge in [0.25, 0.3) is 5.91 Å². The molecule has 0 heterocycles. The van der Waals surface area contributed by atoms with E-state index in [-0.39, 0.29) is 10.5 Å². The highest BCUT2D eigenvalue weighted by atomic mass is 32.2. The molecular formula is C18H19NO7S. The Morgan fingerprint density at radius 2 is 1.67 bits per heavy atom. The van der Waals surface area contributed by atoms with E-state index in [9.17, 15) is 18.0 Å². The van der Waals surface area contributed by atoms with Gasteiger partial charge in [0.2, 0.25) is 0 Å². The Morgan fingerprint density at radius 1 is 1.00 bits per heavy atom. The molecule has 1 N–H and O–H groups in total. The van der Waals surface area contributed by atoms with E-state index < -0.39 is 28.3 Å². The third-order valence-electron chi connectivity index (χ3n) is 3.54. The molecule has 0 unspecified atom stereocenters. The first-order valence-corrected chi connectivity index (χ1v) is 9.63. The minimum absolute atomic E-state index is 0.0865. The standard InChI is InChI=1S/C18H19NO7S/c1-24-13-6-9-15(16(10-13)25-2)19-17(20)11-26-18(21)12-4-7-14(8-5-12)27(3,22)23/h4-10H,11H2,1-3H3,(H,19,20). The number of hydrogen-bond acceptors (Lipinski definition) is 7. The van der Waals surface area contributed by atoms with Crippen molar-refractivity contribution in [3.8, 4) is 11.5 Å². The summed E-state index contributed by atoms with van der Waals surface area (Å²) in [5.74, 6) is -0.342. The van der Waals surface area contributed by atoms with Gasteiger partial charge in [0, 0.05) is 12.3 Å². The maximum Gasteiger partial charge on any atom is 0.338 e. The van der Waals surface area contributed by atoms with Crippen LogP contribution in [-0.4, -0.2) is 47.4 Å². The van der Waals surface area contributed by atoms with Crippen LogP contribution in [0.5, 0.6) is 11.5 Å². The number of rotatable bonds is 7. The van der Waals surface area contributed by atoms with Crippen molar-refractivity contribution in [3.63, 3.8) is 0 Å². The topological polar surface area (TPSA) is 108 Å². The number of nitrogens with one attached hydrogen (secondary N) is 1. The van der Waals surface area contributed by atoms with Crippen LogP contribution >= 0.6 is 0 Å². The first-order valence-electron chi connectivity index (χ1n) is 7.73. The van der Waals surface area contributed by atoms with E-state index in [1.165, 1.54) is 38.5 Å². The largest absolute Gasteiger partial charge is 0.497 e. The number of ether oxygens (including phenoxy) is 3. The summed E-state index contributed by atoms with van der Waals surface area (Å²) in [5.41, 5.74) is 0.536. The highest BCUT2D eigenvalue weighted by Crippen LogP contribution is 2.28. The first kappa shape index (κ1) is 20.2. The molecule has 0 aliphatic carbocycles. The number of carbonyl (C=O) groups excluding carboxylic acids is 2. The first-order chi connectivity index (χ1) is 12.7. The normalized spacial score (nSPS) is 10.8. The van der Waals surface area contributed by atoms with Gasteiger partial charge in [-0.1, -0.05) is 0 Å². The van der Waals surface area contributed by atoms with Crippen LogP contribution in [0.2, 0.25) is 0 Å². The molecule has 0 bridgehead atoms. The lowest BCUT2D eigenvalue weighted by molar-refractivity contribution is -0.119. The summed E-state index contributed by atoms with van der Waals surface area (Å²) in [6.45, 7) is -0.512. The summed E-state index contributed by atoms with van der Waals surface area (Å²) in [7, 11) is -0.396. The fourth-order valence-electron chi connectivity index (χ4n) is 2.14. The van der Waals surface area contributed by atoms with Gasteiger partial charge >= 0.3 is 5.97 Å². The maximum atomic E-state index is 12.0. The predicted molar refractivity (Wildman–Crippen MR) is 98.0 cm³/mol. The summed E-state index contributed by atoms with van der Waals surface area (Å²) in [4.78, 5) is 24.1. The van der Waals surface area contributed by atoms with Crippen molar-refractivity contribution in [1.29, 1.82) is 0 Å². The van der Waals surface area contributed by atoms with Crippen LogP contribution in [0.25, 0.3) is 0 Å². The fourth-order valence-corrected chi connectivity index (χ4v) is 2.77. The van der Waals surface area contributed by atoms with Gasteiger partial charge in [-0.05, 0) is 36.4 Å². The third-order valence-corrected chi connectivity index (χ3v) is 4.66. The van der Waals surface area contributed by atoms with Crippen LogP contribution in [0.15, 0.2) is 47.4 Å². The number of anilines is 1. The highest BCUT2D eigenvalue weighted by molar-refractivity contribution is 7.90. The minimum atomic E-state index is -3.35. The number of amides is 1. The molecule has 27 heavy (non-hydrogen) atoms. The van der Waals surface area contributed by atoms with Crippen LogP contribution in [0.4, 0.5) is 5.69 Å². The van der Waals surface area contributed by atoms with Crippen LogP contribution in [0.3, 0.4) is 0 Å². The second kappa shape index (κ2) is 8.54. The Bertz CT molecular complexity index is 937. The molecule has 8 nitrogen and oxygen atoms in total. The van der Waals surface area contributed by atoms with Gasteiger partial charge in [0.05, 0.1) is 30.4 Å². The summed E-state index contributed by atoms with van der Waals surface area (Å²) >= 11 is 0. The van der Waals surface area contributed by atoms with E-state index in [4.69, 9.17) is 14.2 Å². The Hall–Kier alpha value is -3.07. The summed E-state index contributed by atoms with van der Waals surface area (Å²) < 4.78 is 38.0. The van der Waals surface area contributed by atoms with Gasteiger partial charge in [-0.25, -0.2) is 13.2 Å². The second-order valence-corrected chi connectivity index (χ2v) is 7.50. The van der Waals surface area contributed by atoms with E-state index in [1.54, 1.807) is 18.2 Å². The van der Waals surface area contributed by atoms with Gasteiger partial charge in [-0.15, -0.1) is 0 Å². The van der Waals surface area contributed by atoms with E-state index in [2.05, 4.69) is 5.32 Å². The van der Waals surface area contributed by atoms with Gasteiger partial charge in [0.15, 0.2) is 16.4 Å². The number of methoxy groups -OCH3 is 2. The monoisotopic (exact) mass is 393 g/mol. The SMILES string of the molecule is COc1ccc(NC(=O)COC(=O)c2ccc(S(C)(=O)=O)cc2)c(OC)c1. The summed E-state index contributed by atoms with van der Waals surface area (Å²) in [6.07, 6.45) is 1.07. The van der Waals surface area contributed by atoms with Gasteiger partial charge < -0.3 is 19.5 Å². The van der Waals surface area contributed by atoms with Crippen LogP contribution in [-0.2, 0) is 19.4 Å². The molecule has 9 heteroatoms. The molecule has 0 aliphatic rings. The maximum absolute atomic E-state index is 12.0. The zero-order valence-corrected chi connectivity index (χ0v) is 15.8. The molecule has 1 amide bonds. The van der Waals surface area contributed by atoms with Gasteiger partial charge in [0.1, 0.15) is 11.5 Å². The Morgan fingerprint density at radius 3 is 2.22 bits per heavy atom. The number of carbonyl (C=O) groups is 2. The molecule has 2 aromatic carbocycles. The molecule has 0 saturated heterocycles. The van der Waals surface area contributed by atoms with Crippen molar-refractivity contribution in [2.75, 3.05) is 32.4 Å². The fraction of sp³-hybridized carbons (Fsp3) is 0.222. The van der Waals surface area contributed by atoms with Gasteiger partial charge in [-0.3, -0.25) is 4.79 Å². The van der Waals surface area contributed by atoms with Crippen molar-refractivity contribution in [2.24, 2.45) is 0 Å². The smallest absolute Gasteiger partial charge is 0.338 e. The Kier molecular flexibility index (Phi) is 6.40. The zero-order valence-electron chi connectivity index (χ0n) is 15.0. The lowest BCUT2D eigenvalue weighted by Gasteiger charge is -2.12. The molecule has 0 fully saturated rings. The molecule has 144 valence electrons. The molecular weight excluding hydrogens is 374 g/mol. The molecule has 0 saturated carbocycles. The van der Waals surface area contributed by atoms with Crippen molar-refractivity contribution in [2.45, 2.75) is 4.90 Å². The molecule has 0 atom stereocenters. The van der Waals surface area contributed by atoms with E-state index >= 15 is 0 Å².